The Balaban J connectivity index is 1.98. The number of hydrogen-bond donors (Lipinski definition) is 1. The van der Waals surface area contributed by atoms with Crippen LogP contribution < -0.4 is 10.2 Å². The quantitative estimate of drug-likeness (QED) is 0.745. The molecule has 2 aromatic heterocycles. The zero-order valence-corrected chi connectivity index (χ0v) is 11.5. The summed E-state index contributed by atoms with van der Waals surface area (Å²) in [6.07, 6.45) is 1.58. The lowest BCUT2D eigenvalue weighted by Crippen LogP contribution is -2.43. The van der Waals surface area contributed by atoms with Gasteiger partial charge in [0.05, 0.1) is 10.4 Å². The number of benzene rings is 1. The summed E-state index contributed by atoms with van der Waals surface area (Å²) in [4.78, 5) is 11.0. The largest absolute Gasteiger partial charge is 0.450 e. The van der Waals surface area contributed by atoms with Crippen molar-refractivity contribution in [2.24, 2.45) is 0 Å². The first-order chi connectivity index (χ1) is 9.84. The van der Waals surface area contributed by atoms with Crippen LogP contribution in [0.5, 0.6) is 0 Å². The number of furan rings is 1. The smallest absolute Gasteiger partial charge is 0.196 e. The molecule has 1 aliphatic heterocycles. The van der Waals surface area contributed by atoms with Crippen molar-refractivity contribution in [3.05, 3.63) is 29.5 Å². The topological polar surface area (TPSA) is 54.2 Å². The van der Waals surface area contributed by atoms with Crippen LogP contribution in [0.25, 0.3) is 22.1 Å². The Bertz CT molecular complexity index is 779. The first kappa shape index (κ1) is 11.9. The number of aromatic nitrogens is 2. The van der Waals surface area contributed by atoms with E-state index in [2.05, 4.69) is 20.2 Å². The van der Waals surface area contributed by atoms with Gasteiger partial charge in [-0.25, -0.2) is 9.97 Å². The van der Waals surface area contributed by atoms with Crippen molar-refractivity contribution in [2.45, 2.75) is 0 Å². The molecule has 0 atom stereocenters. The maximum Gasteiger partial charge on any atom is 0.196 e. The van der Waals surface area contributed by atoms with Crippen LogP contribution in [0.1, 0.15) is 0 Å². The lowest BCUT2D eigenvalue weighted by Gasteiger charge is -2.27. The molecule has 1 N–H and O–H groups in total. The van der Waals surface area contributed by atoms with Crippen molar-refractivity contribution in [1.82, 2.24) is 15.3 Å². The van der Waals surface area contributed by atoms with Crippen LogP contribution in [-0.2, 0) is 0 Å². The number of rotatable bonds is 1. The van der Waals surface area contributed by atoms with Gasteiger partial charge in [0, 0.05) is 26.2 Å². The fourth-order valence-corrected chi connectivity index (χ4v) is 2.92. The highest BCUT2D eigenvalue weighted by molar-refractivity contribution is 6.37. The van der Waals surface area contributed by atoms with Crippen LogP contribution in [0.3, 0.4) is 0 Å². The molecule has 5 nitrogen and oxygen atoms in total. The van der Waals surface area contributed by atoms with Gasteiger partial charge < -0.3 is 14.6 Å². The SMILES string of the molecule is Clc1cccc2oc3c(N4CCNCC4)ncnc3c12. The third kappa shape index (κ3) is 1.74. The molecule has 0 unspecified atom stereocenters. The molecule has 20 heavy (non-hydrogen) atoms. The van der Waals surface area contributed by atoms with Gasteiger partial charge in [-0.1, -0.05) is 17.7 Å². The van der Waals surface area contributed by atoms with E-state index in [4.69, 9.17) is 16.0 Å². The lowest BCUT2D eigenvalue weighted by atomic mass is 10.2. The molecule has 0 spiro atoms. The van der Waals surface area contributed by atoms with Crippen LogP contribution in [0.2, 0.25) is 5.02 Å². The minimum atomic E-state index is 0.659. The molecule has 0 aliphatic carbocycles. The normalized spacial score (nSPS) is 16.1. The summed E-state index contributed by atoms with van der Waals surface area (Å²) in [6.45, 7) is 3.73. The molecule has 1 saturated heterocycles. The van der Waals surface area contributed by atoms with E-state index >= 15 is 0 Å². The van der Waals surface area contributed by atoms with Crippen LogP contribution in [0, 0.1) is 0 Å². The average Bonchev–Trinajstić information content (AvgIpc) is 2.88. The highest BCUT2D eigenvalue weighted by atomic mass is 35.5. The predicted molar refractivity (Wildman–Crippen MR) is 79.4 cm³/mol. The molecular formula is C14H13ClN4O. The fourth-order valence-electron chi connectivity index (χ4n) is 2.67. The molecule has 3 aromatic rings. The van der Waals surface area contributed by atoms with Crippen LogP contribution in [0.4, 0.5) is 5.82 Å². The fraction of sp³-hybridized carbons (Fsp3) is 0.286. The zero-order valence-electron chi connectivity index (χ0n) is 10.8. The van der Waals surface area contributed by atoms with Gasteiger partial charge in [-0.05, 0) is 12.1 Å². The summed E-state index contributed by atoms with van der Waals surface area (Å²) in [5, 5.41) is 4.85. The zero-order chi connectivity index (χ0) is 13.5. The Kier molecular flexibility index (Phi) is 2.75. The van der Waals surface area contributed by atoms with Gasteiger partial charge in [0.25, 0.3) is 0 Å². The Morgan fingerprint density at radius 2 is 2.05 bits per heavy atom. The lowest BCUT2D eigenvalue weighted by molar-refractivity contribution is 0.580. The summed E-state index contributed by atoms with van der Waals surface area (Å²) in [7, 11) is 0. The van der Waals surface area contributed by atoms with E-state index in [1.54, 1.807) is 6.33 Å². The monoisotopic (exact) mass is 288 g/mol. The summed E-state index contributed by atoms with van der Waals surface area (Å²) in [5.74, 6) is 0.851. The van der Waals surface area contributed by atoms with Gasteiger partial charge in [0.15, 0.2) is 11.4 Å². The number of nitrogens with zero attached hydrogens (tertiary/aromatic N) is 3. The van der Waals surface area contributed by atoms with E-state index in [0.29, 0.717) is 5.02 Å². The minimum Gasteiger partial charge on any atom is -0.450 e. The summed E-state index contributed by atoms with van der Waals surface area (Å²) < 4.78 is 5.95. The molecular weight excluding hydrogens is 276 g/mol. The van der Waals surface area contributed by atoms with Crippen molar-refractivity contribution in [2.75, 3.05) is 31.1 Å². The van der Waals surface area contributed by atoms with Gasteiger partial charge in [-0.3, -0.25) is 0 Å². The molecule has 3 heterocycles. The van der Waals surface area contributed by atoms with Crippen molar-refractivity contribution < 1.29 is 4.42 Å². The first-order valence-corrected chi connectivity index (χ1v) is 7.00. The first-order valence-electron chi connectivity index (χ1n) is 6.62. The van der Waals surface area contributed by atoms with Crippen molar-refractivity contribution in [1.29, 1.82) is 0 Å². The van der Waals surface area contributed by atoms with Crippen LogP contribution in [-0.4, -0.2) is 36.1 Å². The highest BCUT2D eigenvalue weighted by Crippen LogP contribution is 2.35. The molecule has 0 amide bonds. The van der Waals surface area contributed by atoms with Crippen molar-refractivity contribution in [3.8, 4) is 0 Å². The van der Waals surface area contributed by atoms with Gasteiger partial charge in [-0.2, -0.15) is 0 Å². The van der Waals surface area contributed by atoms with E-state index in [1.165, 1.54) is 0 Å². The molecule has 0 radical (unpaired) electrons. The number of piperazine rings is 1. The molecule has 0 bridgehead atoms. The van der Waals surface area contributed by atoms with E-state index in [9.17, 15) is 0 Å². The Morgan fingerprint density at radius 1 is 1.20 bits per heavy atom. The maximum absolute atomic E-state index is 6.27. The van der Waals surface area contributed by atoms with Gasteiger partial charge in [0.2, 0.25) is 0 Å². The molecule has 1 aliphatic rings. The molecule has 4 rings (SSSR count). The van der Waals surface area contributed by atoms with Gasteiger partial charge >= 0.3 is 0 Å². The number of nitrogens with one attached hydrogen (secondary N) is 1. The molecule has 102 valence electrons. The van der Waals surface area contributed by atoms with E-state index in [1.807, 2.05) is 18.2 Å². The second kappa shape index (κ2) is 4.61. The number of fused-ring (bicyclic) bond motifs is 3. The van der Waals surface area contributed by atoms with E-state index in [-0.39, 0.29) is 0 Å². The van der Waals surface area contributed by atoms with Gasteiger partial charge in [-0.15, -0.1) is 0 Å². The Morgan fingerprint density at radius 3 is 2.90 bits per heavy atom. The van der Waals surface area contributed by atoms with Crippen molar-refractivity contribution in [3.63, 3.8) is 0 Å². The molecule has 0 saturated carbocycles. The number of anilines is 1. The van der Waals surface area contributed by atoms with Crippen LogP contribution in [0.15, 0.2) is 28.9 Å². The average molecular weight is 289 g/mol. The highest BCUT2D eigenvalue weighted by Gasteiger charge is 2.20. The van der Waals surface area contributed by atoms with E-state index in [0.717, 1.165) is 54.1 Å². The summed E-state index contributed by atoms with van der Waals surface area (Å²) >= 11 is 6.27. The van der Waals surface area contributed by atoms with Crippen molar-refractivity contribution >= 4 is 39.5 Å². The molecule has 6 heteroatoms. The number of halogens is 1. The third-order valence-electron chi connectivity index (χ3n) is 3.63. The molecule has 1 fully saturated rings. The van der Waals surface area contributed by atoms with Gasteiger partial charge in [0.1, 0.15) is 17.4 Å². The second-order valence-electron chi connectivity index (χ2n) is 4.83. The van der Waals surface area contributed by atoms with E-state index < -0.39 is 0 Å². The minimum absolute atomic E-state index is 0.659. The molecule has 1 aromatic carbocycles. The summed E-state index contributed by atoms with van der Waals surface area (Å²) in [5.41, 5.74) is 2.26. The Labute approximate surface area is 120 Å². The Hall–Kier alpha value is -1.85. The second-order valence-corrected chi connectivity index (χ2v) is 5.23. The number of hydrogen-bond acceptors (Lipinski definition) is 5. The summed E-state index contributed by atoms with van der Waals surface area (Å²) in [6, 6.07) is 5.64. The predicted octanol–water partition coefficient (Wildman–Crippen LogP) is 2.44. The maximum atomic E-state index is 6.27. The third-order valence-corrected chi connectivity index (χ3v) is 3.94. The standard InChI is InChI=1S/C14H13ClN4O/c15-9-2-1-3-10-11(9)12-13(20-10)14(18-8-17-12)19-6-4-16-5-7-19/h1-3,8,16H,4-7H2. The van der Waals surface area contributed by atoms with Crippen LogP contribution >= 0.6 is 11.6 Å².